The molecule has 182 valence electrons. The predicted octanol–water partition coefficient (Wildman–Crippen LogP) is 1.34. The Kier molecular flexibility index (Phi) is 9.50. The lowest BCUT2D eigenvalue weighted by atomic mass is 10.2. The van der Waals surface area contributed by atoms with Crippen LogP contribution in [0.5, 0.6) is 34.5 Å². The van der Waals surface area contributed by atoms with E-state index in [1.807, 2.05) is 0 Å². The second-order valence-electron chi connectivity index (χ2n) is 6.30. The van der Waals surface area contributed by atoms with Gasteiger partial charge in [0.2, 0.25) is 0 Å². The number of nitrogens with zero attached hydrogens (tertiary/aromatic N) is 2. The number of hydrogen-bond acceptors (Lipinski definition) is 10. The third-order valence-corrected chi connectivity index (χ3v) is 4.42. The van der Waals surface area contributed by atoms with E-state index in [4.69, 9.17) is 28.4 Å². The summed E-state index contributed by atoms with van der Waals surface area (Å²) in [5, 5.41) is 7.55. The first-order valence-electron chi connectivity index (χ1n) is 9.68. The number of rotatable bonds is 10. The van der Waals surface area contributed by atoms with Gasteiger partial charge in [0.25, 0.3) is 0 Å². The molecule has 12 heteroatoms. The van der Waals surface area contributed by atoms with Crippen LogP contribution in [0.3, 0.4) is 0 Å². The largest absolute Gasteiger partial charge is 0.496 e. The summed E-state index contributed by atoms with van der Waals surface area (Å²) in [5.41, 5.74) is 5.19. The van der Waals surface area contributed by atoms with Gasteiger partial charge >= 0.3 is 11.8 Å². The van der Waals surface area contributed by atoms with E-state index in [9.17, 15) is 9.59 Å². The number of hydrazone groups is 2. The summed E-state index contributed by atoms with van der Waals surface area (Å²) in [6.07, 6.45) is 2.59. The van der Waals surface area contributed by atoms with Gasteiger partial charge in [0.1, 0.15) is 11.5 Å². The molecule has 0 aliphatic heterocycles. The minimum Gasteiger partial charge on any atom is -0.496 e. The first-order valence-corrected chi connectivity index (χ1v) is 9.68. The van der Waals surface area contributed by atoms with Crippen molar-refractivity contribution in [3.05, 3.63) is 35.4 Å². The molecule has 2 aromatic rings. The Morgan fingerprint density at radius 1 is 0.559 bits per heavy atom. The summed E-state index contributed by atoms with van der Waals surface area (Å²) < 4.78 is 31.4. The Balaban J connectivity index is 2.05. The van der Waals surface area contributed by atoms with Crippen LogP contribution in [0, 0.1) is 0 Å². The molecule has 0 aromatic heterocycles. The van der Waals surface area contributed by atoms with Crippen LogP contribution in [-0.2, 0) is 9.59 Å². The topological polar surface area (TPSA) is 138 Å². The minimum atomic E-state index is -1.04. The van der Waals surface area contributed by atoms with Gasteiger partial charge in [-0.2, -0.15) is 10.2 Å². The fourth-order valence-corrected chi connectivity index (χ4v) is 2.73. The van der Waals surface area contributed by atoms with Gasteiger partial charge in [-0.1, -0.05) is 0 Å². The van der Waals surface area contributed by atoms with Crippen molar-refractivity contribution in [3.63, 3.8) is 0 Å². The number of nitrogens with one attached hydrogen (secondary N) is 2. The average molecular weight is 474 g/mol. The van der Waals surface area contributed by atoms with Crippen LogP contribution < -0.4 is 39.3 Å². The summed E-state index contributed by atoms with van der Waals surface area (Å²) >= 11 is 0. The van der Waals surface area contributed by atoms with Crippen LogP contribution >= 0.6 is 0 Å². The lowest BCUT2D eigenvalue weighted by molar-refractivity contribution is -0.139. The van der Waals surface area contributed by atoms with Crippen molar-refractivity contribution >= 4 is 24.2 Å². The predicted molar refractivity (Wildman–Crippen MR) is 124 cm³/mol. The molecule has 0 atom stereocenters. The van der Waals surface area contributed by atoms with E-state index in [-0.39, 0.29) is 0 Å². The van der Waals surface area contributed by atoms with Gasteiger partial charge in [-0.15, -0.1) is 0 Å². The van der Waals surface area contributed by atoms with Gasteiger partial charge in [-0.3, -0.25) is 9.59 Å². The van der Waals surface area contributed by atoms with E-state index in [1.165, 1.54) is 55.1 Å². The number of amides is 2. The summed E-state index contributed by atoms with van der Waals surface area (Å²) in [4.78, 5) is 24.0. The molecule has 0 bridgehead atoms. The van der Waals surface area contributed by atoms with E-state index >= 15 is 0 Å². The van der Waals surface area contributed by atoms with Gasteiger partial charge < -0.3 is 28.4 Å². The molecular formula is C22H26N4O8. The summed E-state index contributed by atoms with van der Waals surface area (Å²) in [6, 6.07) is 6.42. The fourth-order valence-electron chi connectivity index (χ4n) is 2.73. The van der Waals surface area contributed by atoms with Crippen molar-refractivity contribution in [1.29, 1.82) is 0 Å². The number of ether oxygens (including phenoxy) is 6. The zero-order valence-electron chi connectivity index (χ0n) is 19.6. The van der Waals surface area contributed by atoms with Gasteiger partial charge in [0.05, 0.1) is 55.1 Å². The maximum atomic E-state index is 12.0. The van der Waals surface area contributed by atoms with Crippen LogP contribution in [-0.4, -0.2) is 66.9 Å². The lowest BCUT2D eigenvalue weighted by Gasteiger charge is -2.11. The lowest BCUT2D eigenvalue weighted by Crippen LogP contribution is -2.35. The molecule has 2 N–H and O–H groups in total. The fraction of sp³-hybridized carbons (Fsp3) is 0.273. The van der Waals surface area contributed by atoms with Gasteiger partial charge in [-0.05, 0) is 12.1 Å². The normalized spacial score (nSPS) is 10.6. The van der Waals surface area contributed by atoms with Gasteiger partial charge in [-0.25, -0.2) is 10.9 Å². The Hall–Kier alpha value is -4.48. The maximum Gasteiger partial charge on any atom is 0.331 e. The highest BCUT2D eigenvalue weighted by molar-refractivity contribution is 6.35. The Bertz CT molecular complexity index is 1000. The van der Waals surface area contributed by atoms with Crippen LogP contribution in [0.2, 0.25) is 0 Å². The minimum absolute atomic E-state index is 0.425. The molecule has 0 saturated heterocycles. The molecule has 2 amide bonds. The Morgan fingerprint density at radius 3 is 1.15 bits per heavy atom. The van der Waals surface area contributed by atoms with Crippen LogP contribution in [0.25, 0.3) is 0 Å². The first kappa shape index (κ1) is 25.8. The monoisotopic (exact) mass is 474 g/mol. The molecule has 0 heterocycles. The second kappa shape index (κ2) is 12.5. The second-order valence-corrected chi connectivity index (χ2v) is 6.30. The van der Waals surface area contributed by atoms with E-state index in [0.717, 1.165) is 0 Å². The summed E-state index contributed by atoms with van der Waals surface area (Å²) in [5.74, 6) is 0.580. The van der Waals surface area contributed by atoms with Crippen LogP contribution in [0.15, 0.2) is 34.5 Å². The summed E-state index contributed by atoms with van der Waals surface area (Å²) in [6.45, 7) is 0. The molecule has 2 rings (SSSR count). The zero-order chi connectivity index (χ0) is 25.1. The molecule has 0 aliphatic carbocycles. The van der Waals surface area contributed by atoms with Crippen molar-refractivity contribution in [1.82, 2.24) is 10.9 Å². The molecule has 0 radical (unpaired) electrons. The maximum absolute atomic E-state index is 12.0. The first-order chi connectivity index (χ1) is 16.4. The van der Waals surface area contributed by atoms with Crippen molar-refractivity contribution in [3.8, 4) is 34.5 Å². The standard InChI is InChI=1S/C22H26N4O8/c1-29-15-9-19(33-5)17(31-3)7-13(15)11-23-25-21(27)22(28)26-24-12-14-8-18(32-4)20(34-6)10-16(14)30-2/h7-12H,1-6H3,(H,25,27)(H,26,28)/b23-11+,24-12+. The van der Waals surface area contributed by atoms with Crippen LogP contribution in [0.4, 0.5) is 0 Å². The Labute approximate surface area is 196 Å². The number of carbonyl (C=O) groups excluding carboxylic acids is 2. The Morgan fingerprint density at radius 2 is 0.853 bits per heavy atom. The zero-order valence-corrected chi connectivity index (χ0v) is 19.6. The van der Waals surface area contributed by atoms with Crippen LogP contribution in [0.1, 0.15) is 11.1 Å². The molecule has 0 spiro atoms. The number of benzene rings is 2. The number of methoxy groups -OCH3 is 6. The third-order valence-electron chi connectivity index (χ3n) is 4.42. The molecular weight excluding hydrogens is 448 g/mol. The van der Waals surface area contributed by atoms with Crippen molar-refractivity contribution in [2.75, 3.05) is 42.7 Å². The molecule has 0 aliphatic rings. The highest BCUT2D eigenvalue weighted by Gasteiger charge is 2.14. The van der Waals surface area contributed by atoms with E-state index in [2.05, 4.69) is 21.1 Å². The molecule has 12 nitrogen and oxygen atoms in total. The summed E-state index contributed by atoms with van der Waals surface area (Å²) in [7, 11) is 8.89. The molecule has 2 aromatic carbocycles. The number of hydrogen-bond donors (Lipinski definition) is 2. The van der Waals surface area contributed by atoms with E-state index < -0.39 is 11.8 Å². The quantitative estimate of drug-likeness (QED) is 0.299. The molecule has 0 fully saturated rings. The van der Waals surface area contributed by atoms with Crippen molar-refractivity contribution in [2.24, 2.45) is 10.2 Å². The molecule has 0 saturated carbocycles. The highest BCUT2D eigenvalue weighted by atomic mass is 16.5. The van der Waals surface area contributed by atoms with E-state index in [1.54, 1.807) is 24.3 Å². The van der Waals surface area contributed by atoms with Crippen molar-refractivity contribution in [2.45, 2.75) is 0 Å². The average Bonchev–Trinajstić information content (AvgIpc) is 2.87. The SMILES string of the molecule is COc1cc(OC)c(OC)cc1/C=N/NC(=O)C(=O)N/N=C/c1cc(OC)c(OC)cc1OC. The van der Waals surface area contributed by atoms with Crippen molar-refractivity contribution < 1.29 is 38.0 Å². The molecule has 34 heavy (non-hydrogen) atoms. The van der Waals surface area contributed by atoms with E-state index in [0.29, 0.717) is 45.6 Å². The van der Waals surface area contributed by atoms with Gasteiger partial charge in [0, 0.05) is 23.3 Å². The number of carbonyl (C=O) groups is 2. The molecule has 0 unspecified atom stereocenters. The smallest absolute Gasteiger partial charge is 0.331 e. The van der Waals surface area contributed by atoms with Gasteiger partial charge in [0.15, 0.2) is 23.0 Å². The third kappa shape index (κ3) is 6.28. The highest BCUT2D eigenvalue weighted by Crippen LogP contribution is 2.34.